The molecule has 0 fully saturated rings. The van der Waals surface area contributed by atoms with Gasteiger partial charge >= 0.3 is 0 Å². The lowest BCUT2D eigenvalue weighted by Gasteiger charge is -2.28. The van der Waals surface area contributed by atoms with Crippen LogP contribution in [-0.2, 0) is 12.5 Å². The third kappa shape index (κ3) is 4.22. The molecule has 0 saturated carbocycles. The highest BCUT2D eigenvalue weighted by atomic mass is 35.5. The van der Waals surface area contributed by atoms with Gasteiger partial charge in [0.15, 0.2) is 11.5 Å². The van der Waals surface area contributed by atoms with Gasteiger partial charge in [-0.15, -0.1) is 9.90 Å². The van der Waals surface area contributed by atoms with Crippen LogP contribution in [0.15, 0.2) is 55.0 Å². The lowest BCUT2D eigenvalue weighted by Crippen LogP contribution is -2.40. The molecule has 8 nitrogen and oxygen atoms in total. The third-order valence-corrected chi connectivity index (χ3v) is 5.29. The van der Waals surface area contributed by atoms with E-state index >= 15 is 0 Å². The number of aryl methyl sites for hydroxylation is 1. The molecule has 1 N–H and O–H groups in total. The molecule has 0 bridgehead atoms. The summed E-state index contributed by atoms with van der Waals surface area (Å²) in [7, 11) is 1.79. The zero-order valence-electron chi connectivity index (χ0n) is 17.1. The molecule has 0 spiro atoms. The average Bonchev–Trinajstić information content (AvgIpc) is 3.41. The Balaban J connectivity index is 1.58. The lowest BCUT2D eigenvalue weighted by molar-refractivity contribution is 0.0941. The van der Waals surface area contributed by atoms with E-state index in [2.05, 4.69) is 25.6 Å². The predicted molar refractivity (Wildman–Crippen MR) is 113 cm³/mol. The minimum Gasteiger partial charge on any atom is -0.349 e. The Morgan fingerprint density at radius 1 is 1.19 bits per heavy atom. The number of nitrogens with zero attached hydrogens (tertiary/aromatic N) is 6. The van der Waals surface area contributed by atoms with E-state index in [-0.39, 0.29) is 17.9 Å². The summed E-state index contributed by atoms with van der Waals surface area (Å²) < 4.78 is 28.8. The fraction of sp³-hybridized carbons (Fsp3) is 0.190. The highest BCUT2D eigenvalue weighted by molar-refractivity contribution is 6.29. The smallest absolute Gasteiger partial charge is 0.273 e. The molecule has 0 aliphatic rings. The SMILES string of the molecule is Cn1cc(C(C)(CNC(=O)c2cnn(-c3ccc(F)cc3F)n2)c2cccc(Cl)n2)cn1. The summed E-state index contributed by atoms with van der Waals surface area (Å²) in [4.78, 5) is 18.1. The van der Waals surface area contributed by atoms with Gasteiger partial charge in [0, 0.05) is 31.4 Å². The second-order valence-electron chi connectivity index (χ2n) is 7.38. The Hall–Kier alpha value is -3.66. The first-order valence-electron chi connectivity index (χ1n) is 9.54. The Morgan fingerprint density at radius 3 is 2.69 bits per heavy atom. The average molecular weight is 458 g/mol. The van der Waals surface area contributed by atoms with Crippen molar-refractivity contribution in [1.82, 2.24) is 35.1 Å². The fourth-order valence-corrected chi connectivity index (χ4v) is 3.40. The highest BCUT2D eigenvalue weighted by Crippen LogP contribution is 2.30. The number of aromatic nitrogens is 6. The van der Waals surface area contributed by atoms with Crippen molar-refractivity contribution >= 4 is 17.5 Å². The molecule has 4 rings (SSSR count). The van der Waals surface area contributed by atoms with Crippen LogP contribution in [0.5, 0.6) is 0 Å². The number of carbonyl (C=O) groups is 1. The van der Waals surface area contributed by atoms with E-state index in [1.54, 1.807) is 30.1 Å². The van der Waals surface area contributed by atoms with E-state index in [0.29, 0.717) is 10.8 Å². The van der Waals surface area contributed by atoms with Gasteiger partial charge in [0.25, 0.3) is 5.91 Å². The Labute approximate surface area is 186 Å². The molecule has 1 amide bonds. The summed E-state index contributed by atoms with van der Waals surface area (Å²) in [6, 6.07) is 8.26. The molecule has 0 saturated heterocycles. The molecule has 4 aromatic rings. The van der Waals surface area contributed by atoms with Crippen molar-refractivity contribution in [3.05, 3.63) is 88.7 Å². The summed E-state index contributed by atoms with van der Waals surface area (Å²) in [5, 5.41) is 15.3. The van der Waals surface area contributed by atoms with E-state index < -0.39 is 23.0 Å². The van der Waals surface area contributed by atoms with Gasteiger partial charge in [-0.3, -0.25) is 9.48 Å². The summed E-state index contributed by atoms with van der Waals surface area (Å²) in [6.45, 7) is 2.07. The summed E-state index contributed by atoms with van der Waals surface area (Å²) >= 11 is 6.09. The first kappa shape index (κ1) is 21.6. The Kier molecular flexibility index (Phi) is 5.70. The molecule has 164 valence electrons. The number of hydrogen-bond acceptors (Lipinski definition) is 5. The van der Waals surface area contributed by atoms with Crippen LogP contribution in [0.25, 0.3) is 5.69 Å². The van der Waals surface area contributed by atoms with Gasteiger partial charge in [-0.05, 0) is 31.2 Å². The second kappa shape index (κ2) is 8.46. The van der Waals surface area contributed by atoms with Crippen LogP contribution in [0.1, 0.15) is 28.7 Å². The number of halogens is 3. The van der Waals surface area contributed by atoms with E-state index in [4.69, 9.17) is 11.6 Å². The standard InChI is InChI=1S/C21H18ClF2N7O/c1-21(13-9-26-30(2)11-13,18-4-3-5-19(22)28-18)12-25-20(32)16-10-27-31(29-16)17-7-6-14(23)8-15(17)24/h3-11H,12H2,1-2H3,(H,25,32). The molecule has 32 heavy (non-hydrogen) atoms. The zero-order valence-corrected chi connectivity index (χ0v) is 17.9. The molecule has 3 heterocycles. The van der Waals surface area contributed by atoms with Crippen LogP contribution in [0.4, 0.5) is 8.78 Å². The molecular weight excluding hydrogens is 440 g/mol. The van der Waals surface area contributed by atoms with E-state index in [0.717, 1.165) is 22.5 Å². The van der Waals surface area contributed by atoms with Gasteiger partial charge in [-0.25, -0.2) is 13.8 Å². The normalized spacial score (nSPS) is 13.0. The van der Waals surface area contributed by atoms with Crippen molar-refractivity contribution in [1.29, 1.82) is 0 Å². The lowest BCUT2D eigenvalue weighted by atomic mass is 9.80. The summed E-state index contributed by atoms with van der Waals surface area (Å²) in [6.07, 6.45) is 4.74. The molecular formula is C21H18ClF2N7O. The van der Waals surface area contributed by atoms with Gasteiger partial charge in [0.05, 0.1) is 23.5 Å². The third-order valence-electron chi connectivity index (χ3n) is 5.07. The van der Waals surface area contributed by atoms with Crippen LogP contribution >= 0.6 is 11.6 Å². The van der Waals surface area contributed by atoms with E-state index in [9.17, 15) is 13.6 Å². The monoisotopic (exact) mass is 457 g/mol. The minimum absolute atomic E-state index is 0.0266. The molecule has 3 aromatic heterocycles. The predicted octanol–water partition coefficient (Wildman–Crippen LogP) is 3.06. The topological polar surface area (TPSA) is 90.5 Å². The van der Waals surface area contributed by atoms with Gasteiger partial charge in [0.2, 0.25) is 0 Å². The zero-order chi connectivity index (χ0) is 22.9. The van der Waals surface area contributed by atoms with Crippen LogP contribution in [0, 0.1) is 11.6 Å². The molecule has 1 unspecified atom stereocenters. The molecule has 0 aliphatic heterocycles. The largest absolute Gasteiger partial charge is 0.349 e. The van der Waals surface area contributed by atoms with Crippen LogP contribution in [0.3, 0.4) is 0 Å². The molecule has 11 heteroatoms. The van der Waals surface area contributed by atoms with Crippen molar-refractivity contribution < 1.29 is 13.6 Å². The van der Waals surface area contributed by atoms with E-state index in [1.165, 1.54) is 12.3 Å². The number of hydrogen-bond donors (Lipinski definition) is 1. The van der Waals surface area contributed by atoms with Gasteiger partial charge in [-0.2, -0.15) is 10.2 Å². The van der Waals surface area contributed by atoms with Crippen molar-refractivity contribution in [2.45, 2.75) is 12.3 Å². The second-order valence-corrected chi connectivity index (χ2v) is 7.77. The van der Waals surface area contributed by atoms with Crippen LogP contribution in [-0.4, -0.2) is 42.2 Å². The number of rotatable bonds is 6. The number of benzene rings is 1. The molecule has 0 radical (unpaired) electrons. The number of amides is 1. The van der Waals surface area contributed by atoms with Crippen LogP contribution in [0.2, 0.25) is 5.15 Å². The molecule has 0 aliphatic carbocycles. The molecule has 1 aromatic carbocycles. The van der Waals surface area contributed by atoms with Crippen LogP contribution < -0.4 is 5.32 Å². The first-order chi connectivity index (χ1) is 15.3. The quantitative estimate of drug-likeness (QED) is 0.449. The van der Waals surface area contributed by atoms with Crippen molar-refractivity contribution in [3.63, 3.8) is 0 Å². The summed E-state index contributed by atoms with van der Waals surface area (Å²) in [5.41, 5.74) is 0.631. The van der Waals surface area contributed by atoms with E-state index in [1.807, 2.05) is 19.2 Å². The highest BCUT2D eigenvalue weighted by Gasteiger charge is 2.33. The number of carbonyl (C=O) groups excluding carboxylic acids is 1. The summed E-state index contributed by atoms with van der Waals surface area (Å²) in [5.74, 6) is -2.08. The Bertz CT molecular complexity index is 1290. The molecule has 1 atom stereocenters. The maximum absolute atomic E-state index is 14.0. The van der Waals surface area contributed by atoms with Gasteiger partial charge in [-0.1, -0.05) is 17.7 Å². The minimum atomic E-state index is -0.844. The maximum atomic E-state index is 14.0. The fourth-order valence-electron chi connectivity index (χ4n) is 3.24. The van der Waals surface area contributed by atoms with Gasteiger partial charge < -0.3 is 5.32 Å². The van der Waals surface area contributed by atoms with Gasteiger partial charge in [0.1, 0.15) is 16.7 Å². The van der Waals surface area contributed by atoms with Crippen molar-refractivity contribution in [3.8, 4) is 5.69 Å². The maximum Gasteiger partial charge on any atom is 0.273 e. The number of pyridine rings is 1. The van der Waals surface area contributed by atoms with Crippen molar-refractivity contribution in [2.75, 3.05) is 6.54 Å². The first-order valence-corrected chi connectivity index (χ1v) is 9.92. The number of nitrogens with one attached hydrogen (secondary N) is 1. The Morgan fingerprint density at radius 2 is 2.00 bits per heavy atom. The van der Waals surface area contributed by atoms with Crippen molar-refractivity contribution in [2.24, 2.45) is 7.05 Å².